The third kappa shape index (κ3) is 2.28. The van der Waals surface area contributed by atoms with Crippen LogP contribution in [0.5, 0.6) is 0 Å². The maximum absolute atomic E-state index is 11.6. The maximum Gasteiger partial charge on any atom is 0.244 e. The van der Waals surface area contributed by atoms with Crippen molar-refractivity contribution >= 4 is 10.0 Å². The molecule has 0 saturated heterocycles. The Labute approximate surface area is 91.5 Å². The van der Waals surface area contributed by atoms with E-state index in [1.165, 1.54) is 12.3 Å². The van der Waals surface area contributed by atoms with Crippen molar-refractivity contribution in [2.75, 3.05) is 0 Å². The van der Waals surface area contributed by atoms with Crippen LogP contribution in [0.1, 0.15) is 11.7 Å². The van der Waals surface area contributed by atoms with Gasteiger partial charge in [-0.25, -0.2) is 13.1 Å². The van der Waals surface area contributed by atoms with Crippen LogP contribution in [0.4, 0.5) is 0 Å². The first-order valence-corrected chi connectivity index (χ1v) is 5.87. The quantitative estimate of drug-likeness (QED) is 0.837. The monoisotopic (exact) mass is 243 g/mol. The average molecular weight is 243 g/mol. The van der Waals surface area contributed by atoms with Gasteiger partial charge in [0, 0.05) is 6.92 Å². The molecule has 16 heavy (non-hydrogen) atoms. The Morgan fingerprint density at radius 2 is 2.31 bits per heavy atom. The highest BCUT2D eigenvalue weighted by molar-refractivity contribution is 7.89. The molecule has 0 atom stereocenters. The van der Waals surface area contributed by atoms with Gasteiger partial charge in [-0.1, -0.05) is 5.16 Å². The van der Waals surface area contributed by atoms with Gasteiger partial charge in [0.05, 0.1) is 12.8 Å². The third-order valence-electron chi connectivity index (χ3n) is 1.80. The van der Waals surface area contributed by atoms with E-state index in [9.17, 15) is 8.42 Å². The predicted octanol–water partition coefficient (Wildman–Crippen LogP) is 0.450. The normalized spacial score (nSPS) is 11.8. The second-order valence-electron chi connectivity index (χ2n) is 3.01. The zero-order chi connectivity index (χ0) is 11.6. The predicted molar refractivity (Wildman–Crippen MR) is 51.8 cm³/mol. The minimum atomic E-state index is -3.57. The molecule has 0 aromatic carbocycles. The zero-order valence-corrected chi connectivity index (χ0v) is 9.19. The SMILES string of the molecule is Cc1nc(CNS(=O)(=O)c2ccoc2)no1. The topological polar surface area (TPSA) is 98.2 Å². The average Bonchev–Trinajstić information content (AvgIpc) is 2.85. The van der Waals surface area contributed by atoms with Gasteiger partial charge < -0.3 is 8.94 Å². The minimum absolute atomic E-state index is 0.0230. The zero-order valence-electron chi connectivity index (χ0n) is 8.37. The summed E-state index contributed by atoms with van der Waals surface area (Å²) in [6.07, 6.45) is 2.43. The first-order valence-electron chi connectivity index (χ1n) is 4.39. The van der Waals surface area contributed by atoms with E-state index >= 15 is 0 Å². The van der Waals surface area contributed by atoms with Gasteiger partial charge in [0.15, 0.2) is 5.82 Å². The number of furan rings is 1. The lowest BCUT2D eigenvalue weighted by Gasteiger charge is -2.00. The summed E-state index contributed by atoms with van der Waals surface area (Å²) in [6.45, 7) is 1.60. The van der Waals surface area contributed by atoms with E-state index in [1.807, 2.05) is 0 Å². The summed E-state index contributed by atoms with van der Waals surface area (Å²) < 4.78 is 34.9. The number of rotatable bonds is 4. The lowest BCUT2D eigenvalue weighted by Crippen LogP contribution is -2.23. The molecule has 0 bridgehead atoms. The van der Waals surface area contributed by atoms with Gasteiger partial charge in [-0.2, -0.15) is 4.98 Å². The number of sulfonamides is 1. The molecule has 2 aromatic rings. The van der Waals surface area contributed by atoms with Crippen molar-refractivity contribution in [1.29, 1.82) is 0 Å². The molecule has 0 radical (unpaired) electrons. The fourth-order valence-electron chi connectivity index (χ4n) is 1.06. The lowest BCUT2D eigenvalue weighted by molar-refractivity contribution is 0.387. The van der Waals surface area contributed by atoms with E-state index in [0.29, 0.717) is 5.89 Å². The van der Waals surface area contributed by atoms with Crippen molar-refractivity contribution in [3.63, 3.8) is 0 Å². The second-order valence-corrected chi connectivity index (χ2v) is 4.78. The molecule has 0 spiro atoms. The lowest BCUT2D eigenvalue weighted by atomic mass is 10.6. The van der Waals surface area contributed by atoms with E-state index < -0.39 is 10.0 Å². The highest BCUT2D eigenvalue weighted by atomic mass is 32.2. The minimum Gasteiger partial charge on any atom is -0.471 e. The molecule has 0 amide bonds. The second kappa shape index (κ2) is 4.06. The smallest absolute Gasteiger partial charge is 0.244 e. The Balaban J connectivity index is 2.06. The van der Waals surface area contributed by atoms with Crippen LogP contribution < -0.4 is 4.72 Å². The van der Waals surface area contributed by atoms with Crippen molar-refractivity contribution in [3.05, 3.63) is 30.3 Å². The molecule has 86 valence electrons. The molecule has 1 N–H and O–H groups in total. The summed E-state index contributed by atoms with van der Waals surface area (Å²) in [5.41, 5.74) is 0. The van der Waals surface area contributed by atoms with E-state index in [-0.39, 0.29) is 17.3 Å². The molecule has 2 heterocycles. The molecule has 0 aliphatic rings. The largest absolute Gasteiger partial charge is 0.471 e. The van der Waals surface area contributed by atoms with Crippen LogP contribution in [0.3, 0.4) is 0 Å². The molecule has 0 fully saturated rings. The molecular weight excluding hydrogens is 234 g/mol. The van der Waals surface area contributed by atoms with Gasteiger partial charge >= 0.3 is 0 Å². The van der Waals surface area contributed by atoms with Gasteiger partial charge in [-0.05, 0) is 6.07 Å². The summed E-state index contributed by atoms with van der Waals surface area (Å²) in [5, 5.41) is 3.56. The molecule has 0 unspecified atom stereocenters. The van der Waals surface area contributed by atoms with Crippen LogP contribution in [-0.4, -0.2) is 18.6 Å². The fourth-order valence-corrected chi connectivity index (χ4v) is 1.96. The van der Waals surface area contributed by atoms with Crippen molar-refractivity contribution in [2.24, 2.45) is 0 Å². The Morgan fingerprint density at radius 3 is 2.88 bits per heavy atom. The number of hydrogen-bond acceptors (Lipinski definition) is 6. The summed E-state index contributed by atoms with van der Waals surface area (Å²) in [6, 6.07) is 1.35. The van der Waals surface area contributed by atoms with Gasteiger partial charge in [0.2, 0.25) is 15.9 Å². The van der Waals surface area contributed by atoms with Crippen LogP contribution in [-0.2, 0) is 16.6 Å². The first-order chi connectivity index (χ1) is 7.58. The summed E-state index contributed by atoms with van der Waals surface area (Å²) in [7, 11) is -3.57. The van der Waals surface area contributed by atoms with E-state index in [4.69, 9.17) is 4.52 Å². The molecular formula is C8H9N3O4S. The molecule has 8 heteroatoms. The van der Waals surface area contributed by atoms with Crippen LogP contribution >= 0.6 is 0 Å². The number of nitrogens with one attached hydrogen (secondary N) is 1. The Hall–Kier alpha value is -1.67. The highest BCUT2D eigenvalue weighted by Crippen LogP contribution is 2.08. The van der Waals surface area contributed by atoms with Crippen molar-refractivity contribution < 1.29 is 17.4 Å². The van der Waals surface area contributed by atoms with Gasteiger partial charge in [-0.3, -0.25) is 0 Å². The van der Waals surface area contributed by atoms with Crippen molar-refractivity contribution in [3.8, 4) is 0 Å². The van der Waals surface area contributed by atoms with Crippen molar-refractivity contribution in [2.45, 2.75) is 18.4 Å². The van der Waals surface area contributed by atoms with Crippen LogP contribution in [0, 0.1) is 6.92 Å². The van der Waals surface area contributed by atoms with E-state index in [1.54, 1.807) is 6.92 Å². The molecule has 0 aliphatic carbocycles. The molecule has 2 aromatic heterocycles. The molecule has 7 nitrogen and oxygen atoms in total. The highest BCUT2D eigenvalue weighted by Gasteiger charge is 2.16. The maximum atomic E-state index is 11.6. The van der Waals surface area contributed by atoms with Crippen molar-refractivity contribution in [1.82, 2.24) is 14.9 Å². The number of aryl methyl sites for hydroxylation is 1. The molecule has 2 rings (SSSR count). The van der Waals surface area contributed by atoms with E-state index in [0.717, 1.165) is 6.26 Å². The number of aromatic nitrogens is 2. The molecule has 0 aliphatic heterocycles. The van der Waals surface area contributed by atoms with Gasteiger partial charge in [-0.15, -0.1) is 0 Å². The van der Waals surface area contributed by atoms with Gasteiger partial charge in [0.1, 0.15) is 11.2 Å². The molecule has 0 saturated carbocycles. The van der Waals surface area contributed by atoms with Crippen LogP contribution in [0.25, 0.3) is 0 Å². The number of nitrogens with zero attached hydrogens (tertiary/aromatic N) is 2. The Kier molecular flexibility index (Phi) is 2.75. The van der Waals surface area contributed by atoms with E-state index in [2.05, 4.69) is 19.3 Å². The number of hydrogen-bond donors (Lipinski definition) is 1. The fraction of sp³-hybridized carbons (Fsp3) is 0.250. The summed E-state index contributed by atoms with van der Waals surface area (Å²) in [5.74, 6) is 0.669. The van der Waals surface area contributed by atoms with Gasteiger partial charge in [0.25, 0.3) is 0 Å². The van der Waals surface area contributed by atoms with Crippen LogP contribution in [0.15, 0.2) is 32.4 Å². The summed E-state index contributed by atoms with van der Waals surface area (Å²) in [4.78, 5) is 3.93. The Bertz CT molecular complexity index is 558. The van der Waals surface area contributed by atoms with Crippen LogP contribution in [0.2, 0.25) is 0 Å². The first kappa shape index (κ1) is 10.8. The third-order valence-corrected chi connectivity index (χ3v) is 3.17. The standard InChI is InChI=1S/C8H9N3O4S/c1-6-10-8(11-15-6)4-9-16(12,13)7-2-3-14-5-7/h2-3,5,9H,4H2,1H3. The summed E-state index contributed by atoms with van der Waals surface area (Å²) >= 11 is 0. The Morgan fingerprint density at radius 1 is 1.50 bits per heavy atom.